The van der Waals surface area contributed by atoms with Crippen molar-refractivity contribution in [3.63, 3.8) is 0 Å². The highest BCUT2D eigenvalue weighted by molar-refractivity contribution is 9.10. The fourth-order valence-electron chi connectivity index (χ4n) is 1.64. The number of halogens is 2. The van der Waals surface area contributed by atoms with Gasteiger partial charge in [0.15, 0.2) is 0 Å². The Kier molecular flexibility index (Phi) is 3.85. The van der Waals surface area contributed by atoms with Crippen molar-refractivity contribution < 1.29 is 0 Å². The Morgan fingerprint density at radius 1 is 1.38 bits per heavy atom. The first-order chi connectivity index (χ1) is 7.58. The van der Waals surface area contributed by atoms with Gasteiger partial charge in [0.25, 0.3) is 0 Å². The van der Waals surface area contributed by atoms with Gasteiger partial charge >= 0.3 is 0 Å². The lowest BCUT2D eigenvalue weighted by atomic mass is 10.1. The third kappa shape index (κ3) is 2.95. The molecule has 0 aliphatic heterocycles. The highest BCUT2D eigenvalue weighted by atomic mass is 79.9. The molecule has 1 fully saturated rings. The van der Waals surface area contributed by atoms with Crippen molar-refractivity contribution >= 4 is 27.5 Å². The van der Waals surface area contributed by atoms with E-state index in [2.05, 4.69) is 39.7 Å². The van der Waals surface area contributed by atoms with Gasteiger partial charge in [-0.2, -0.15) is 0 Å². The third-order valence-corrected chi connectivity index (χ3v) is 4.08. The third-order valence-electron chi connectivity index (χ3n) is 2.79. The second-order valence-electron chi connectivity index (χ2n) is 4.84. The van der Waals surface area contributed by atoms with Crippen LogP contribution >= 0.6 is 27.5 Å². The smallest absolute Gasteiger partial charge is 0.147 e. The predicted octanol–water partition coefficient (Wildman–Crippen LogP) is 4.36. The zero-order chi connectivity index (χ0) is 11.7. The minimum atomic E-state index is 0.565. The molecule has 1 aromatic rings. The van der Waals surface area contributed by atoms with Gasteiger partial charge in [-0.15, -0.1) is 0 Å². The van der Waals surface area contributed by atoms with Crippen LogP contribution in [-0.4, -0.2) is 9.97 Å². The highest BCUT2D eigenvalue weighted by Crippen LogP contribution is 2.43. The molecule has 16 heavy (non-hydrogen) atoms. The molecule has 1 aromatic heterocycles. The van der Waals surface area contributed by atoms with Crippen LogP contribution in [-0.2, 0) is 6.42 Å². The molecule has 0 atom stereocenters. The van der Waals surface area contributed by atoms with E-state index in [0.717, 1.165) is 28.8 Å². The lowest BCUT2D eigenvalue weighted by molar-refractivity contribution is 0.573. The number of aromatic nitrogens is 2. The zero-order valence-corrected chi connectivity index (χ0v) is 12.0. The van der Waals surface area contributed by atoms with E-state index in [4.69, 9.17) is 11.6 Å². The Labute approximate surface area is 110 Å². The Balaban J connectivity index is 2.19. The van der Waals surface area contributed by atoms with Gasteiger partial charge in [0, 0.05) is 12.3 Å². The second kappa shape index (κ2) is 5.01. The first-order valence-corrected chi connectivity index (χ1v) is 6.97. The molecule has 1 aliphatic rings. The minimum Gasteiger partial charge on any atom is -0.236 e. The van der Waals surface area contributed by atoms with Gasteiger partial charge in [-0.25, -0.2) is 9.97 Å². The average Bonchev–Trinajstić information content (AvgIpc) is 3.03. The van der Waals surface area contributed by atoms with E-state index in [-0.39, 0.29) is 0 Å². The molecule has 88 valence electrons. The standard InChI is InChI=1S/C12H16BrClN2/c1-7(2)3-6-9-15-11(8-4-5-8)10(13)12(14)16-9/h7-8H,3-6H2,1-2H3. The molecule has 2 nitrogen and oxygen atoms in total. The maximum absolute atomic E-state index is 6.11. The summed E-state index contributed by atoms with van der Waals surface area (Å²) in [5.74, 6) is 2.17. The van der Waals surface area contributed by atoms with Crippen LogP contribution in [0.3, 0.4) is 0 Å². The van der Waals surface area contributed by atoms with Crippen molar-refractivity contribution in [3.05, 3.63) is 21.1 Å². The molecular formula is C12H16BrClN2. The summed E-state index contributed by atoms with van der Waals surface area (Å²) in [6, 6.07) is 0. The summed E-state index contributed by atoms with van der Waals surface area (Å²) >= 11 is 9.59. The van der Waals surface area contributed by atoms with Gasteiger partial charge in [-0.3, -0.25) is 0 Å². The number of aryl methyl sites for hydroxylation is 1. The quantitative estimate of drug-likeness (QED) is 0.772. The van der Waals surface area contributed by atoms with Crippen LogP contribution in [0, 0.1) is 5.92 Å². The van der Waals surface area contributed by atoms with Crippen LogP contribution in [0.5, 0.6) is 0 Å². The lowest BCUT2D eigenvalue weighted by Gasteiger charge is -2.08. The van der Waals surface area contributed by atoms with Crippen molar-refractivity contribution in [1.29, 1.82) is 0 Å². The average molecular weight is 304 g/mol. The fraction of sp³-hybridized carbons (Fsp3) is 0.667. The molecule has 0 unspecified atom stereocenters. The van der Waals surface area contributed by atoms with Crippen molar-refractivity contribution in [2.75, 3.05) is 0 Å². The summed E-state index contributed by atoms with van der Waals surface area (Å²) in [7, 11) is 0. The Morgan fingerprint density at radius 2 is 2.06 bits per heavy atom. The molecule has 0 radical (unpaired) electrons. The van der Waals surface area contributed by atoms with Crippen molar-refractivity contribution in [3.8, 4) is 0 Å². The van der Waals surface area contributed by atoms with Crippen LogP contribution in [0.2, 0.25) is 5.15 Å². The maximum Gasteiger partial charge on any atom is 0.147 e. The zero-order valence-electron chi connectivity index (χ0n) is 9.63. The summed E-state index contributed by atoms with van der Waals surface area (Å²) < 4.78 is 0.893. The monoisotopic (exact) mass is 302 g/mol. The summed E-state index contributed by atoms with van der Waals surface area (Å²) in [6.45, 7) is 4.42. The normalized spacial score (nSPS) is 15.8. The molecule has 0 saturated heterocycles. The molecule has 1 aliphatic carbocycles. The van der Waals surface area contributed by atoms with Crippen molar-refractivity contribution in [2.45, 2.75) is 45.4 Å². The molecular weight excluding hydrogens is 288 g/mol. The largest absolute Gasteiger partial charge is 0.236 e. The van der Waals surface area contributed by atoms with E-state index in [9.17, 15) is 0 Å². The van der Waals surface area contributed by atoms with E-state index in [0.29, 0.717) is 17.0 Å². The first kappa shape index (κ1) is 12.3. The maximum atomic E-state index is 6.11. The van der Waals surface area contributed by atoms with E-state index in [1.54, 1.807) is 0 Å². The number of nitrogens with zero attached hydrogens (tertiary/aromatic N) is 2. The van der Waals surface area contributed by atoms with Gasteiger partial charge in [-0.05, 0) is 41.1 Å². The lowest BCUT2D eigenvalue weighted by Crippen LogP contribution is -2.03. The van der Waals surface area contributed by atoms with Crippen molar-refractivity contribution in [2.24, 2.45) is 5.92 Å². The summed E-state index contributed by atoms with van der Waals surface area (Å²) in [6.07, 6.45) is 4.50. The molecule has 0 amide bonds. The molecule has 4 heteroatoms. The molecule has 1 heterocycles. The summed E-state index contributed by atoms with van der Waals surface area (Å²) in [5.41, 5.74) is 1.11. The SMILES string of the molecule is CC(C)CCc1nc(Cl)c(Br)c(C2CC2)n1. The Hall–Kier alpha value is -0.150. The molecule has 0 bridgehead atoms. The Morgan fingerprint density at radius 3 is 2.62 bits per heavy atom. The van der Waals surface area contributed by atoms with Crippen LogP contribution in [0.4, 0.5) is 0 Å². The molecule has 0 aromatic carbocycles. The van der Waals surface area contributed by atoms with E-state index >= 15 is 0 Å². The topological polar surface area (TPSA) is 25.8 Å². The molecule has 0 spiro atoms. The summed E-state index contributed by atoms with van der Waals surface area (Å²) in [4.78, 5) is 8.95. The van der Waals surface area contributed by atoms with Crippen LogP contribution in [0.25, 0.3) is 0 Å². The number of hydrogen-bond donors (Lipinski definition) is 0. The van der Waals surface area contributed by atoms with Gasteiger partial charge in [-0.1, -0.05) is 25.4 Å². The van der Waals surface area contributed by atoms with Gasteiger partial charge in [0.1, 0.15) is 11.0 Å². The second-order valence-corrected chi connectivity index (χ2v) is 5.99. The molecule has 1 saturated carbocycles. The van der Waals surface area contributed by atoms with Crippen LogP contribution in [0.1, 0.15) is 50.5 Å². The van der Waals surface area contributed by atoms with Gasteiger partial charge < -0.3 is 0 Å². The van der Waals surface area contributed by atoms with Gasteiger partial charge in [0.05, 0.1) is 10.2 Å². The highest BCUT2D eigenvalue weighted by Gasteiger charge is 2.29. The van der Waals surface area contributed by atoms with Crippen molar-refractivity contribution in [1.82, 2.24) is 9.97 Å². The molecule has 0 N–H and O–H groups in total. The van der Waals surface area contributed by atoms with E-state index in [1.165, 1.54) is 12.8 Å². The van der Waals surface area contributed by atoms with E-state index in [1.807, 2.05) is 0 Å². The number of hydrogen-bond acceptors (Lipinski definition) is 2. The first-order valence-electron chi connectivity index (χ1n) is 5.79. The van der Waals surface area contributed by atoms with Crippen LogP contribution < -0.4 is 0 Å². The van der Waals surface area contributed by atoms with E-state index < -0.39 is 0 Å². The fourth-order valence-corrected chi connectivity index (χ4v) is 2.33. The van der Waals surface area contributed by atoms with Crippen LogP contribution in [0.15, 0.2) is 4.47 Å². The van der Waals surface area contributed by atoms with Gasteiger partial charge in [0.2, 0.25) is 0 Å². The summed E-state index contributed by atoms with van der Waals surface area (Å²) in [5, 5.41) is 0.565. The predicted molar refractivity (Wildman–Crippen MR) is 69.9 cm³/mol. The number of rotatable bonds is 4. The Bertz CT molecular complexity index is 389. The molecule has 2 rings (SSSR count). The minimum absolute atomic E-state index is 0.565.